The zero-order valence-corrected chi connectivity index (χ0v) is 25.9. The number of likely N-dealkylation sites (tertiary alicyclic amines) is 2. The Morgan fingerprint density at radius 1 is 1.15 bits per heavy atom. The molecule has 3 aliphatic rings. The molecule has 0 radical (unpaired) electrons. The highest BCUT2D eigenvalue weighted by Gasteiger charge is 2.35. The molecule has 1 amide bonds. The average Bonchev–Trinajstić information content (AvgIpc) is 3.05. The monoisotopic (exact) mass is 631 g/mol. The number of alkyl halides is 1. The summed E-state index contributed by atoms with van der Waals surface area (Å²) in [6, 6.07) is 13.4. The number of nitrogens with one attached hydrogen (secondary N) is 1. The maximum atomic E-state index is 14.9. The maximum Gasteiger partial charge on any atom is 0.251 e. The van der Waals surface area contributed by atoms with Crippen LogP contribution in [0.3, 0.4) is 0 Å². The van der Waals surface area contributed by atoms with Gasteiger partial charge in [0, 0.05) is 30.3 Å². The molecule has 3 atom stereocenters. The average molecular weight is 632 g/mol. The van der Waals surface area contributed by atoms with Crippen molar-refractivity contribution in [2.75, 3.05) is 51.8 Å². The van der Waals surface area contributed by atoms with E-state index in [0.717, 1.165) is 44.7 Å². The minimum absolute atomic E-state index is 0.176. The Labute approximate surface area is 267 Å². The quantitative estimate of drug-likeness (QED) is 0.358. The van der Waals surface area contributed by atoms with Crippen molar-refractivity contribution in [1.29, 1.82) is 5.26 Å². The molecule has 0 saturated carbocycles. The van der Waals surface area contributed by atoms with Crippen molar-refractivity contribution >= 4 is 17.7 Å². The molecule has 3 saturated heterocycles. The molecule has 0 unspecified atom stereocenters. The van der Waals surface area contributed by atoms with E-state index in [1.165, 1.54) is 11.8 Å². The number of aliphatic hydroxyl groups excluding tert-OH is 1. The normalized spacial score (nSPS) is 21.6. The third-order valence-corrected chi connectivity index (χ3v) is 8.91. The summed E-state index contributed by atoms with van der Waals surface area (Å²) in [5.74, 6) is 1.56. The number of hydrogen-bond acceptors (Lipinski definition) is 11. The Bertz CT molecular complexity index is 1590. The van der Waals surface area contributed by atoms with Crippen LogP contribution in [0.15, 0.2) is 42.6 Å². The second kappa shape index (κ2) is 13.9. The topological polar surface area (TPSA) is 146 Å². The first-order valence-corrected chi connectivity index (χ1v) is 15.6. The first-order valence-electron chi connectivity index (χ1n) is 15.6. The molecular formula is C33H38FN7O5. The first kappa shape index (κ1) is 31.6. The summed E-state index contributed by atoms with van der Waals surface area (Å²) in [6.07, 6.45) is 0.466. The number of hydrogen-bond donors (Lipinski definition) is 2. The highest BCUT2D eigenvalue weighted by Crippen LogP contribution is 2.35. The molecule has 12 nitrogen and oxygen atoms in total. The van der Waals surface area contributed by atoms with Gasteiger partial charge < -0.3 is 29.5 Å². The van der Waals surface area contributed by atoms with Crippen molar-refractivity contribution in [2.45, 2.75) is 56.5 Å². The van der Waals surface area contributed by atoms with Gasteiger partial charge in [0.25, 0.3) is 5.91 Å². The van der Waals surface area contributed by atoms with Crippen LogP contribution >= 0.6 is 0 Å². The Hall–Kier alpha value is -4.38. The van der Waals surface area contributed by atoms with E-state index in [-0.39, 0.29) is 30.8 Å². The SMILES string of the molecule is COc1nc(Nc2nccc(-c3ccc(O[C@@H]4CCN(C(=O)[C@H](C)O)C[C@H]4F)c(C#N)c3)n2)ccc1C1CCN(C2COC2)CC1. The molecule has 3 aliphatic heterocycles. The maximum absolute atomic E-state index is 14.9. The number of nitriles is 1. The Morgan fingerprint density at radius 2 is 1.96 bits per heavy atom. The third kappa shape index (κ3) is 6.89. The number of aromatic nitrogens is 3. The summed E-state index contributed by atoms with van der Waals surface area (Å²) in [5, 5.41) is 22.6. The van der Waals surface area contributed by atoms with Gasteiger partial charge in [-0.05, 0) is 75.2 Å². The Balaban J connectivity index is 1.11. The number of carbonyl (C=O) groups excluding carboxylic acids is 1. The number of benzene rings is 1. The van der Waals surface area contributed by atoms with E-state index in [1.54, 1.807) is 37.6 Å². The number of piperidine rings is 2. The smallest absolute Gasteiger partial charge is 0.251 e. The number of carbonyl (C=O) groups is 1. The zero-order valence-electron chi connectivity index (χ0n) is 25.9. The fraction of sp³-hybridized carbons (Fsp3) is 0.485. The first-order chi connectivity index (χ1) is 22.3. The summed E-state index contributed by atoms with van der Waals surface area (Å²) in [5.41, 5.74) is 2.55. The van der Waals surface area contributed by atoms with Gasteiger partial charge >= 0.3 is 0 Å². The summed E-state index contributed by atoms with van der Waals surface area (Å²) in [4.78, 5) is 29.5. The highest BCUT2D eigenvalue weighted by atomic mass is 19.1. The fourth-order valence-corrected chi connectivity index (χ4v) is 6.22. The summed E-state index contributed by atoms with van der Waals surface area (Å²) in [6.45, 7) is 5.16. The molecule has 2 N–H and O–H groups in total. The van der Waals surface area contributed by atoms with Crippen LogP contribution in [0.2, 0.25) is 0 Å². The molecule has 0 bridgehead atoms. The number of anilines is 2. The molecule has 1 aromatic carbocycles. The van der Waals surface area contributed by atoms with Crippen LogP contribution in [0.1, 0.15) is 43.2 Å². The number of aliphatic hydroxyl groups is 1. The van der Waals surface area contributed by atoms with E-state index in [9.17, 15) is 19.6 Å². The lowest BCUT2D eigenvalue weighted by molar-refractivity contribution is -0.143. The van der Waals surface area contributed by atoms with Crippen molar-refractivity contribution in [3.63, 3.8) is 0 Å². The van der Waals surface area contributed by atoms with E-state index in [0.29, 0.717) is 40.9 Å². The van der Waals surface area contributed by atoms with Gasteiger partial charge in [0.05, 0.1) is 44.2 Å². The van der Waals surface area contributed by atoms with E-state index >= 15 is 0 Å². The molecule has 5 heterocycles. The fourth-order valence-electron chi connectivity index (χ4n) is 6.22. The second-order valence-electron chi connectivity index (χ2n) is 11.9. The number of methoxy groups -OCH3 is 1. The number of pyridine rings is 1. The molecule has 3 aromatic rings. The van der Waals surface area contributed by atoms with Crippen molar-refractivity contribution in [3.05, 3.63) is 53.7 Å². The predicted molar refractivity (Wildman–Crippen MR) is 167 cm³/mol. The van der Waals surface area contributed by atoms with Crippen LogP contribution in [0.25, 0.3) is 11.3 Å². The van der Waals surface area contributed by atoms with Gasteiger partial charge in [-0.15, -0.1) is 0 Å². The number of amides is 1. The minimum Gasteiger partial charge on any atom is -0.486 e. The van der Waals surface area contributed by atoms with E-state index in [4.69, 9.17) is 19.2 Å². The van der Waals surface area contributed by atoms with Crippen molar-refractivity contribution in [2.24, 2.45) is 0 Å². The van der Waals surface area contributed by atoms with Crippen molar-refractivity contribution in [1.82, 2.24) is 24.8 Å². The van der Waals surface area contributed by atoms with Crippen LogP contribution in [0.4, 0.5) is 16.2 Å². The predicted octanol–water partition coefficient (Wildman–Crippen LogP) is 3.44. The molecule has 2 aromatic heterocycles. The molecule has 13 heteroatoms. The summed E-state index contributed by atoms with van der Waals surface area (Å²) >= 11 is 0. The van der Waals surface area contributed by atoms with Crippen molar-refractivity contribution < 1.29 is 28.5 Å². The third-order valence-electron chi connectivity index (χ3n) is 8.91. The summed E-state index contributed by atoms with van der Waals surface area (Å²) in [7, 11) is 1.63. The lowest BCUT2D eigenvalue weighted by Gasteiger charge is -2.41. The standard InChI is InChI=1S/C33H38FN7O5/c1-20(42)32(43)41-14-10-29(26(34)17-41)46-28-5-3-22(15-23(28)16-35)27-7-11-36-33(37-27)39-30-6-4-25(31(38-30)44-2)21-8-12-40(13-9-21)24-18-45-19-24/h3-7,11,15,20-21,24,26,29,42H,8-10,12-14,17-19H2,1-2H3,(H,36,37,38,39)/t20-,26+,29+/m0/s1. The second-order valence-corrected chi connectivity index (χ2v) is 11.9. The molecule has 0 aliphatic carbocycles. The van der Waals surface area contributed by atoms with Gasteiger partial charge in [-0.25, -0.2) is 14.4 Å². The van der Waals surface area contributed by atoms with Crippen LogP contribution < -0.4 is 14.8 Å². The molecule has 242 valence electrons. The molecule has 3 fully saturated rings. The molecule has 46 heavy (non-hydrogen) atoms. The summed E-state index contributed by atoms with van der Waals surface area (Å²) < 4.78 is 31.8. The highest BCUT2D eigenvalue weighted by molar-refractivity contribution is 5.80. The van der Waals surface area contributed by atoms with Gasteiger partial charge in [-0.3, -0.25) is 9.69 Å². The van der Waals surface area contributed by atoms with Gasteiger partial charge in [0.15, 0.2) is 6.17 Å². The number of ether oxygens (including phenoxy) is 3. The van der Waals surface area contributed by atoms with Crippen LogP contribution in [-0.4, -0.2) is 107 Å². The molecule has 6 rings (SSSR count). The minimum atomic E-state index is -1.46. The molecule has 0 spiro atoms. The van der Waals surface area contributed by atoms with Crippen LogP contribution in [0.5, 0.6) is 11.6 Å². The number of halogens is 1. The van der Waals surface area contributed by atoms with E-state index in [2.05, 4.69) is 32.3 Å². The lowest BCUT2D eigenvalue weighted by atomic mass is 9.89. The number of rotatable bonds is 9. The van der Waals surface area contributed by atoms with E-state index in [1.807, 2.05) is 6.07 Å². The van der Waals surface area contributed by atoms with Gasteiger partial charge in [-0.2, -0.15) is 10.2 Å². The Kier molecular flexibility index (Phi) is 9.58. The van der Waals surface area contributed by atoms with Gasteiger partial charge in [0.1, 0.15) is 29.8 Å². The Morgan fingerprint density at radius 3 is 2.63 bits per heavy atom. The van der Waals surface area contributed by atoms with Crippen LogP contribution in [-0.2, 0) is 9.53 Å². The van der Waals surface area contributed by atoms with Crippen LogP contribution in [0, 0.1) is 11.3 Å². The number of nitrogens with zero attached hydrogens (tertiary/aromatic N) is 6. The molecular weight excluding hydrogens is 593 g/mol. The van der Waals surface area contributed by atoms with Gasteiger partial charge in [-0.1, -0.05) is 0 Å². The zero-order chi connectivity index (χ0) is 32.2. The lowest BCUT2D eigenvalue weighted by Crippen LogP contribution is -2.51. The van der Waals surface area contributed by atoms with E-state index < -0.39 is 24.3 Å². The van der Waals surface area contributed by atoms with Gasteiger partial charge in [0.2, 0.25) is 11.8 Å². The largest absolute Gasteiger partial charge is 0.486 e. The van der Waals surface area contributed by atoms with Crippen molar-refractivity contribution in [3.8, 4) is 29.0 Å².